The molecule has 1 aliphatic heterocycles. The average Bonchev–Trinajstić information content (AvgIpc) is 3.09. The Hall–Kier alpha value is -3.26. The molecule has 0 atom stereocenters. The van der Waals surface area contributed by atoms with Gasteiger partial charge in [-0.05, 0) is 70.2 Å². The molecule has 0 spiro atoms. The smallest absolute Gasteiger partial charge is 0.410 e. The van der Waals surface area contributed by atoms with Crippen molar-refractivity contribution in [3.63, 3.8) is 0 Å². The highest BCUT2D eigenvalue weighted by Crippen LogP contribution is 2.33. The van der Waals surface area contributed by atoms with Crippen molar-refractivity contribution in [2.24, 2.45) is 11.6 Å². The third-order valence-electron chi connectivity index (χ3n) is 6.07. The van der Waals surface area contributed by atoms with Crippen LogP contribution in [0.5, 0.6) is 0 Å². The van der Waals surface area contributed by atoms with Crippen molar-refractivity contribution in [3.05, 3.63) is 47.3 Å². The molecule has 1 aliphatic rings. The van der Waals surface area contributed by atoms with Crippen LogP contribution in [0.2, 0.25) is 0 Å². The number of piperidine rings is 1. The van der Waals surface area contributed by atoms with E-state index in [4.69, 9.17) is 21.3 Å². The lowest BCUT2D eigenvalue weighted by Crippen LogP contribution is -2.41. The number of ether oxygens (including phenoxy) is 1. The summed E-state index contributed by atoms with van der Waals surface area (Å²) in [7, 11) is 1.77. The molecule has 0 radical (unpaired) electrons. The van der Waals surface area contributed by atoms with Gasteiger partial charge in [-0.2, -0.15) is 0 Å². The van der Waals surface area contributed by atoms with Crippen LogP contribution < -0.4 is 11.6 Å². The number of fused-ring (bicyclic) bond motifs is 3. The number of pyridine rings is 1. The monoisotopic (exact) mass is 450 g/mol. The molecule has 8 heteroatoms. The number of benzene rings is 1. The van der Waals surface area contributed by atoms with Crippen LogP contribution in [0, 0.1) is 0 Å². The van der Waals surface area contributed by atoms with Gasteiger partial charge in [-0.3, -0.25) is 4.98 Å². The van der Waals surface area contributed by atoms with E-state index in [0.29, 0.717) is 24.7 Å². The zero-order chi connectivity index (χ0) is 23.9. The summed E-state index contributed by atoms with van der Waals surface area (Å²) in [4.78, 5) is 22.4. The molecule has 33 heavy (non-hydrogen) atoms. The first-order valence-electron chi connectivity index (χ1n) is 11.4. The number of likely N-dealkylation sites (tertiary alicyclic amines) is 1. The van der Waals surface area contributed by atoms with Crippen molar-refractivity contribution < 1.29 is 9.53 Å². The van der Waals surface area contributed by atoms with Gasteiger partial charge in [-0.25, -0.2) is 10.6 Å². The van der Waals surface area contributed by atoms with Crippen molar-refractivity contribution >= 4 is 33.7 Å². The third-order valence-corrected chi connectivity index (χ3v) is 6.07. The topological polar surface area (TPSA) is 113 Å². The lowest BCUT2D eigenvalue weighted by molar-refractivity contribution is 0.0205. The van der Waals surface area contributed by atoms with E-state index in [9.17, 15) is 4.79 Å². The average molecular weight is 451 g/mol. The molecule has 3 heterocycles. The molecule has 3 aromatic rings. The first-order chi connectivity index (χ1) is 15.5. The first-order valence-corrected chi connectivity index (χ1v) is 11.4. The first kappa shape index (κ1) is 22.9. The van der Waals surface area contributed by atoms with Crippen molar-refractivity contribution in [1.29, 1.82) is 0 Å². The molecule has 1 fully saturated rings. The lowest BCUT2D eigenvalue weighted by Gasteiger charge is -2.33. The van der Waals surface area contributed by atoms with Gasteiger partial charge in [-0.15, -0.1) is 0 Å². The zero-order valence-corrected chi connectivity index (χ0v) is 20.1. The normalized spacial score (nSPS) is 16.2. The molecular weight excluding hydrogens is 416 g/mol. The summed E-state index contributed by atoms with van der Waals surface area (Å²) in [6.07, 6.45) is 3.42. The number of carbonyl (C=O) groups excluding carboxylic acids is 1. The van der Waals surface area contributed by atoms with Gasteiger partial charge in [0, 0.05) is 48.5 Å². The van der Waals surface area contributed by atoms with Crippen molar-refractivity contribution in [1.82, 2.24) is 19.9 Å². The highest BCUT2D eigenvalue weighted by atomic mass is 16.6. The summed E-state index contributed by atoms with van der Waals surface area (Å²) in [5.74, 6) is 6.38. The molecule has 0 unspecified atom stereocenters. The third kappa shape index (κ3) is 4.75. The van der Waals surface area contributed by atoms with Gasteiger partial charge in [0.1, 0.15) is 5.60 Å². The maximum atomic E-state index is 12.4. The van der Waals surface area contributed by atoms with Gasteiger partial charge < -0.3 is 25.4 Å². The van der Waals surface area contributed by atoms with Crippen LogP contribution in [0.15, 0.2) is 36.2 Å². The molecule has 5 N–H and O–H groups in total. The molecule has 8 nitrogen and oxygen atoms in total. The van der Waals surface area contributed by atoms with Gasteiger partial charge in [0.05, 0.1) is 16.7 Å². The minimum absolute atomic E-state index is 0.225. The maximum Gasteiger partial charge on any atom is 0.410 e. The number of hydrogen-bond acceptors (Lipinski definition) is 6. The van der Waals surface area contributed by atoms with E-state index in [1.165, 1.54) is 10.6 Å². The van der Waals surface area contributed by atoms with E-state index in [1.54, 1.807) is 7.05 Å². The van der Waals surface area contributed by atoms with E-state index >= 15 is 0 Å². The summed E-state index contributed by atoms with van der Waals surface area (Å²) < 4.78 is 5.52. The molecule has 1 amide bonds. The summed E-state index contributed by atoms with van der Waals surface area (Å²) in [6, 6.07) is 8.56. The molecule has 1 saturated heterocycles. The summed E-state index contributed by atoms with van der Waals surface area (Å²) in [5, 5.41) is 2.61. The largest absolute Gasteiger partial charge is 0.444 e. The van der Waals surface area contributed by atoms with Gasteiger partial charge in [0.2, 0.25) is 0 Å². The number of H-pyrrole nitrogens is 1. The number of aromatic nitrogens is 2. The second-order valence-corrected chi connectivity index (χ2v) is 9.93. The Balaban J connectivity index is 1.57. The number of nitrogens with one attached hydrogen (secondary N) is 1. The number of aromatic amines is 1. The van der Waals surface area contributed by atoms with Crippen LogP contribution in [-0.2, 0) is 4.74 Å². The number of hydrazine groups is 1. The predicted molar refractivity (Wildman–Crippen MR) is 132 cm³/mol. The lowest BCUT2D eigenvalue weighted by atomic mass is 9.89. The Kier molecular flexibility index (Phi) is 5.97. The highest BCUT2D eigenvalue weighted by Gasteiger charge is 2.27. The number of hydrogen-bond donors (Lipinski definition) is 3. The Bertz CT molecular complexity index is 1210. The fourth-order valence-corrected chi connectivity index (χ4v) is 4.60. The van der Waals surface area contributed by atoms with E-state index in [0.717, 1.165) is 46.0 Å². The van der Waals surface area contributed by atoms with Crippen molar-refractivity contribution in [2.45, 2.75) is 52.1 Å². The molecule has 4 rings (SSSR count). The summed E-state index contributed by atoms with van der Waals surface area (Å²) >= 11 is 0. The van der Waals surface area contributed by atoms with Crippen molar-refractivity contribution in [3.8, 4) is 0 Å². The van der Waals surface area contributed by atoms with Gasteiger partial charge >= 0.3 is 6.09 Å². The van der Waals surface area contributed by atoms with Crippen molar-refractivity contribution in [2.75, 3.05) is 20.1 Å². The maximum absolute atomic E-state index is 12.4. The Morgan fingerprint density at radius 1 is 1.21 bits per heavy atom. The number of rotatable bonds is 3. The summed E-state index contributed by atoms with van der Waals surface area (Å²) in [6.45, 7) is 8.92. The van der Waals surface area contributed by atoms with E-state index in [1.807, 2.05) is 44.9 Å². The number of allylic oxidation sites excluding steroid dienone is 1. The zero-order valence-electron chi connectivity index (χ0n) is 20.1. The van der Waals surface area contributed by atoms with Crippen LogP contribution in [-0.4, -0.2) is 51.7 Å². The number of nitrogens with two attached hydrogens (primary N) is 2. The summed E-state index contributed by atoms with van der Waals surface area (Å²) in [5.41, 5.74) is 12.0. The molecular formula is C25H34N6O2. The molecule has 2 aromatic heterocycles. The number of nitrogens with zero attached hydrogens (tertiary/aromatic N) is 3. The van der Waals surface area contributed by atoms with Crippen LogP contribution in [0.3, 0.4) is 0 Å². The number of carbonyl (C=O) groups is 1. The van der Waals surface area contributed by atoms with Crippen LogP contribution in [0.25, 0.3) is 27.6 Å². The van der Waals surface area contributed by atoms with E-state index in [-0.39, 0.29) is 6.09 Å². The van der Waals surface area contributed by atoms with E-state index in [2.05, 4.69) is 23.2 Å². The fraction of sp³-hybridized carbons (Fsp3) is 0.440. The second kappa shape index (κ2) is 8.59. The number of amides is 1. The SMILES string of the molecule is C/C(N)=C(\c1cnc2c(c1)[nH]c1ccc(C3CCN(C(=O)OC(C)(C)C)CC3)cc12)N(C)N. The minimum atomic E-state index is -0.472. The molecule has 1 aromatic carbocycles. The predicted octanol–water partition coefficient (Wildman–Crippen LogP) is 4.28. The Morgan fingerprint density at radius 2 is 1.91 bits per heavy atom. The van der Waals surface area contributed by atoms with Crippen LogP contribution >= 0.6 is 0 Å². The van der Waals surface area contributed by atoms with Crippen LogP contribution in [0.4, 0.5) is 4.79 Å². The molecule has 0 bridgehead atoms. The van der Waals surface area contributed by atoms with E-state index < -0.39 is 5.60 Å². The standard InChI is InChI=1S/C25H34N6O2/c1-15(26)23(30(5)27)18-13-21-22(28-14-18)19-12-17(6-7-20(19)29-21)16-8-10-31(11-9-16)24(32)33-25(2,3)4/h6-7,12-14,16,29H,8-11,26-27H2,1-5H3/b23-15-. The van der Waals surface area contributed by atoms with Gasteiger partial charge in [0.15, 0.2) is 0 Å². The Labute approximate surface area is 194 Å². The molecule has 0 saturated carbocycles. The Morgan fingerprint density at radius 3 is 2.52 bits per heavy atom. The highest BCUT2D eigenvalue weighted by molar-refractivity contribution is 6.05. The quantitative estimate of drug-likeness (QED) is 0.405. The van der Waals surface area contributed by atoms with Crippen LogP contribution in [0.1, 0.15) is 57.6 Å². The fourth-order valence-electron chi connectivity index (χ4n) is 4.60. The minimum Gasteiger partial charge on any atom is -0.444 e. The second-order valence-electron chi connectivity index (χ2n) is 9.93. The molecule has 176 valence electrons. The molecule has 0 aliphatic carbocycles. The van der Waals surface area contributed by atoms with Gasteiger partial charge in [-0.1, -0.05) is 6.07 Å². The van der Waals surface area contributed by atoms with Gasteiger partial charge in [0.25, 0.3) is 0 Å².